The van der Waals surface area contributed by atoms with Gasteiger partial charge in [-0.2, -0.15) is 0 Å². The first-order valence-electron chi connectivity index (χ1n) is 7.07. The average molecular weight is 230 g/mol. The summed E-state index contributed by atoms with van der Waals surface area (Å²) in [7, 11) is 0. The van der Waals surface area contributed by atoms with E-state index in [-0.39, 0.29) is 0 Å². The van der Waals surface area contributed by atoms with Gasteiger partial charge in [0.05, 0.1) is 11.4 Å². The molecule has 0 aromatic carbocycles. The summed E-state index contributed by atoms with van der Waals surface area (Å²) >= 11 is 0. The largest absolute Gasteiger partial charge is 0.397 e. The normalized spacial score (nSPS) is 21.6. The summed E-state index contributed by atoms with van der Waals surface area (Å²) in [4.78, 5) is 4.61. The molecular formula is C15H22N2. The van der Waals surface area contributed by atoms with Crippen LogP contribution in [0.1, 0.15) is 62.1 Å². The molecule has 0 unspecified atom stereocenters. The van der Waals surface area contributed by atoms with Crippen molar-refractivity contribution < 1.29 is 0 Å². The Morgan fingerprint density at radius 1 is 1.12 bits per heavy atom. The van der Waals surface area contributed by atoms with E-state index >= 15 is 0 Å². The zero-order valence-corrected chi connectivity index (χ0v) is 10.5. The molecule has 0 atom stereocenters. The predicted octanol–water partition coefficient (Wildman–Crippen LogP) is 3.66. The third kappa shape index (κ3) is 2.62. The molecule has 0 radical (unpaired) electrons. The number of nitrogens with zero attached hydrogens (tertiary/aromatic N) is 1. The molecule has 92 valence electrons. The smallest absolute Gasteiger partial charge is 0.0635 e. The third-order valence-corrected chi connectivity index (χ3v) is 4.28. The van der Waals surface area contributed by atoms with E-state index in [9.17, 15) is 0 Å². The zero-order valence-electron chi connectivity index (χ0n) is 10.5. The third-order valence-electron chi connectivity index (χ3n) is 4.28. The van der Waals surface area contributed by atoms with Crippen LogP contribution in [0.5, 0.6) is 0 Å². The van der Waals surface area contributed by atoms with Crippen molar-refractivity contribution >= 4 is 5.69 Å². The maximum Gasteiger partial charge on any atom is 0.0635 e. The Morgan fingerprint density at radius 2 is 1.88 bits per heavy atom. The second-order valence-electron chi connectivity index (χ2n) is 5.79. The van der Waals surface area contributed by atoms with Crippen LogP contribution in [0, 0.1) is 5.92 Å². The lowest BCUT2D eigenvalue weighted by atomic mass is 9.85. The topological polar surface area (TPSA) is 38.9 Å². The molecule has 2 aliphatic rings. The van der Waals surface area contributed by atoms with Crippen LogP contribution in [-0.4, -0.2) is 4.98 Å². The van der Waals surface area contributed by atoms with Crippen molar-refractivity contribution in [2.75, 3.05) is 5.73 Å². The van der Waals surface area contributed by atoms with Gasteiger partial charge in [-0.3, -0.25) is 4.98 Å². The molecule has 1 heterocycles. The zero-order chi connectivity index (χ0) is 11.7. The molecule has 0 spiro atoms. The van der Waals surface area contributed by atoms with Crippen molar-refractivity contribution in [3.05, 3.63) is 23.5 Å². The fraction of sp³-hybridized carbons (Fsp3) is 0.667. The average Bonchev–Trinajstić information content (AvgIpc) is 3.17. The number of rotatable bonds is 3. The van der Waals surface area contributed by atoms with Gasteiger partial charge in [0.2, 0.25) is 0 Å². The van der Waals surface area contributed by atoms with Gasteiger partial charge in [-0.1, -0.05) is 32.1 Å². The Bertz CT molecular complexity index is 390. The van der Waals surface area contributed by atoms with Gasteiger partial charge in [0.15, 0.2) is 0 Å². The van der Waals surface area contributed by atoms with Gasteiger partial charge in [-0.15, -0.1) is 0 Å². The van der Waals surface area contributed by atoms with Crippen LogP contribution in [0.15, 0.2) is 12.3 Å². The molecule has 0 aliphatic heterocycles. The maximum atomic E-state index is 6.14. The van der Waals surface area contributed by atoms with Crippen LogP contribution in [0.2, 0.25) is 0 Å². The summed E-state index contributed by atoms with van der Waals surface area (Å²) in [5, 5.41) is 0. The number of aromatic nitrogens is 1. The lowest BCUT2D eigenvalue weighted by Gasteiger charge is -2.21. The number of hydrogen-bond donors (Lipinski definition) is 1. The summed E-state index contributed by atoms with van der Waals surface area (Å²) in [6.45, 7) is 0. The van der Waals surface area contributed by atoms with E-state index in [1.54, 1.807) is 0 Å². The first-order chi connectivity index (χ1) is 8.33. The summed E-state index contributed by atoms with van der Waals surface area (Å²) in [6, 6.07) is 2.17. The molecule has 2 fully saturated rings. The molecule has 0 saturated heterocycles. The minimum absolute atomic E-state index is 0.758. The number of anilines is 1. The fourth-order valence-corrected chi connectivity index (χ4v) is 3.00. The highest BCUT2D eigenvalue weighted by atomic mass is 14.7. The summed E-state index contributed by atoms with van der Waals surface area (Å²) < 4.78 is 0. The van der Waals surface area contributed by atoms with Gasteiger partial charge >= 0.3 is 0 Å². The first kappa shape index (κ1) is 11.1. The standard InChI is InChI=1S/C15H22N2/c16-14-9-13(12-6-7-12)10-17-15(14)8-11-4-2-1-3-5-11/h9-12H,1-8,16H2. The van der Waals surface area contributed by atoms with Crippen molar-refractivity contribution in [3.8, 4) is 0 Å². The number of pyridine rings is 1. The van der Waals surface area contributed by atoms with Gasteiger partial charge in [-0.25, -0.2) is 0 Å². The fourth-order valence-electron chi connectivity index (χ4n) is 3.00. The Hall–Kier alpha value is -1.05. The van der Waals surface area contributed by atoms with Crippen LogP contribution in [0.4, 0.5) is 5.69 Å². The lowest BCUT2D eigenvalue weighted by Crippen LogP contribution is -2.12. The second-order valence-corrected chi connectivity index (χ2v) is 5.79. The van der Waals surface area contributed by atoms with Gasteiger partial charge in [-0.05, 0) is 42.7 Å². The Kier molecular flexibility index (Phi) is 3.04. The van der Waals surface area contributed by atoms with E-state index in [1.165, 1.54) is 50.5 Å². The number of hydrogen-bond acceptors (Lipinski definition) is 2. The van der Waals surface area contributed by atoms with Crippen LogP contribution < -0.4 is 5.73 Å². The molecular weight excluding hydrogens is 208 g/mol. The number of nitrogen functional groups attached to an aromatic ring is 1. The van der Waals surface area contributed by atoms with Crippen LogP contribution in [-0.2, 0) is 6.42 Å². The Balaban J connectivity index is 1.69. The predicted molar refractivity (Wildman–Crippen MR) is 70.9 cm³/mol. The van der Waals surface area contributed by atoms with Crippen molar-refractivity contribution in [3.63, 3.8) is 0 Å². The van der Waals surface area contributed by atoms with Crippen LogP contribution >= 0.6 is 0 Å². The highest BCUT2D eigenvalue weighted by Crippen LogP contribution is 2.40. The van der Waals surface area contributed by atoms with E-state index in [4.69, 9.17) is 5.73 Å². The number of nitrogens with two attached hydrogens (primary N) is 1. The minimum atomic E-state index is 0.758. The monoisotopic (exact) mass is 230 g/mol. The molecule has 2 nitrogen and oxygen atoms in total. The molecule has 3 rings (SSSR count). The summed E-state index contributed by atoms with van der Waals surface area (Å²) in [6.07, 6.45) is 12.7. The van der Waals surface area contributed by atoms with Crippen molar-refractivity contribution in [1.82, 2.24) is 4.98 Å². The van der Waals surface area contributed by atoms with Crippen molar-refractivity contribution in [2.24, 2.45) is 5.92 Å². The van der Waals surface area contributed by atoms with Crippen LogP contribution in [0.25, 0.3) is 0 Å². The second kappa shape index (κ2) is 4.67. The molecule has 0 amide bonds. The van der Waals surface area contributed by atoms with Crippen molar-refractivity contribution in [2.45, 2.75) is 57.3 Å². The Labute approximate surface area is 104 Å². The molecule has 0 bridgehead atoms. The van der Waals surface area contributed by atoms with Gasteiger partial charge in [0.25, 0.3) is 0 Å². The molecule has 2 aliphatic carbocycles. The van der Waals surface area contributed by atoms with Crippen molar-refractivity contribution in [1.29, 1.82) is 0 Å². The molecule has 1 aromatic heterocycles. The van der Waals surface area contributed by atoms with Gasteiger partial charge in [0, 0.05) is 6.20 Å². The quantitative estimate of drug-likeness (QED) is 0.860. The molecule has 2 N–H and O–H groups in total. The molecule has 17 heavy (non-hydrogen) atoms. The SMILES string of the molecule is Nc1cc(C2CC2)cnc1CC1CCCCC1. The highest BCUT2D eigenvalue weighted by Gasteiger charge is 2.24. The molecule has 2 saturated carbocycles. The molecule has 1 aromatic rings. The van der Waals surface area contributed by atoms with Gasteiger partial charge < -0.3 is 5.73 Å². The highest BCUT2D eigenvalue weighted by molar-refractivity contribution is 5.46. The lowest BCUT2D eigenvalue weighted by molar-refractivity contribution is 0.354. The summed E-state index contributed by atoms with van der Waals surface area (Å²) in [5.74, 6) is 1.58. The summed E-state index contributed by atoms with van der Waals surface area (Å²) in [5.41, 5.74) is 9.57. The van der Waals surface area contributed by atoms with E-state index in [1.807, 2.05) is 0 Å². The van der Waals surface area contributed by atoms with E-state index < -0.39 is 0 Å². The van der Waals surface area contributed by atoms with E-state index in [0.717, 1.165) is 29.6 Å². The van der Waals surface area contributed by atoms with E-state index in [0.29, 0.717) is 0 Å². The molecule has 2 heteroatoms. The van der Waals surface area contributed by atoms with Crippen LogP contribution in [0.3, 0.4) is 0 Å². The first-order valence-corrected chi connectivity index (χ1v) is 7.07. The Morgan fingerprint density at radius 3 is 2.53 bits per heavy atom. The van der Waals surface area contributed by atoms with E-state index in [2.05, 4.69) is 17.2 Å². The maximum absolute atomic E-state index is 6.14. The van der Waals surface area contributed by atoms with Gasteiger partial charge in [0.1, 0.15) is 0 Å². The minimum Gasteiger partial charge on any atom is -0.397 e.